The Labute approximate surface area is 108 Å². The maximum absolute atomic E-state index is 9.10. The highest BCUT2D eigenvalue weighted by Gasteiger charge is 2.52. The second kappa shape index (κ2) is 5.54. The molecular weight excluding hydrogens is 234 g/mol. The van der Waals surface area contributed by atoms with Gasteiger partial charge in [-0.2, -0.15) is 5.26 Å². The smallest absolute Gasteiger partial charge is 0.186 e. The standard InChI is InChI=1S/C13H21NO4/c1-4-5-6-15-12-11-10(9(7-14)8-16-12)17-13(2,3)18-11/h9-12H,4-6,8H2,1-3H3/t9-,10?,11?,12-/m1/s1. The van der Waals surface area contributed by atoms with E-state index in [0.29, 0.717) is 13.2 Å². The molecule has 0 aromatic heterocycles. The summed E-state index contributed by atoms with van der Waals surface area (Å²) in [5.74, 6) is -0.965. The predicted molar refractivity (Wildman–Crippen MR) is 63.5 cm³/mol. The summed E-state index contributed by atoms with van der Waals surface area (Å²) in [6, 6.07) is 2.22. The fourth-order valence-electron chi connectivity index (χ4n) is 2.32. The van der Waals surface area contributed by atoms with E-state index in [4.69, 9.17) is 24.2 Å². The number of nitriles is 1. The summed E-state index contributed by atoms with van der Waals surface area (Å²) >= 11 is 0. The van der Waals surface area contributed by atoms with Gasteiger partial charge in [0.05, 0.1) is 18.6 Å². The summed E-state index contributed by atoms with van der Waals surface area (Å²) in [6.45, 7) is 6.79. The van der Waals surface area contributed by atoms with Crippen LogP contribution in [0.2, 0.25) is 0 Å². The van der Waals surface area contributed by atoms with Gasteiger partial charge in [0.15, 0.2) is 12.1 Å². The van der Waals surface area contributed by atoms with Crippen LogP contribution in [0.3, 0.4) is 0 Å². The maximum atomic E-state index is 9.10. The van der Waals surface area contributed by atoms with Crippen molar-refractivity contribution in [2.24, 2.45) is 5.92 Å². The third-order valence-electron chi connectivity index (χ3n) is 3.21. The number of ether oxygens (including phenoxy) is 4. The van der Waals surface area contributed by atoms with Gasteiger partial charge in [-0.1, -0.05) is 13.3 Å². The Hall–Kier alpha value is -0.670. The molecule has 102 valence electrons. The highest BCUT2D eigenvalue weighted by molar-refractivity contribution is 5.00. The molecule has 0 spiro atoms. The molecule has 0 radical (unpaired) electrons. The average Bonchev–Trinajstić information content (AvgIpc) is 2.65. The molecule has 2 aliphatic rings. The van der Waals surface area contributed by atoms with Crippen LogP contribution in [0.1, 0.15) is 33.6 Å². The molecule has 5 heteroatoms. The minimum absolute atomic E-state index is 0.259. The number of fused-ring (bicyclic) bond motifs is 1. The van der Waals surface area contributed by atoms with E-state index in [1.54, 1.807) is 0 Å². The number of unbranched alkanes of at least 4 members (excludes halogenated alkanes) is 1. The Morgan fingerprint density at radius 2 is 2.06 bits per heavy atom. The number of hydrogen-bond donors (Lipinski definition) is 0. The molecule has 0 amide bonds. The zero-order chi connectivity index (χ0) is 13.2. The SMILES string of the molecule is CCCCO[C@@H]1OC[C@@H](C#N)C2OC(C)(C)OC21. The van der Waals surface area contributed by atoms with Gasteiger partial charge in [-0.3, -0.25) is 0 Å². The average molecular weight is 255 g/mol. The van der Waals surface area contributed by atoms with E-state index < -0.39 is 12.1 Å². The normalized spacial score (nSPS) is 38.1. The molecule has 18 heavy (non-hydrogen) atoms. The molecule has 2 aliphatic heterocycles. The largest absolute Gasteiger partial charge is 0.350 e. The van der Waals surface area contributed by atoms with E-state index in [1.807, 2.05) is 13.8 Å². The molecule has 2 heterocycles. The fraction of sp³-hybridized carbons (Fsp3) is 0.923. The van der Waals surface area contributed by atoms with E-state index >= 15 is 0 Å². The molecule has 2 fully saturated rings. The van der Waals surface area contributed by atoms with Crippen LogP contribution in [-0.2, 0) is 18.9 Å². The van der Waals surface area contributed by atoms with E-state index in [9.17, 15) is 0 Å². The molecule has 0 aromatic rings. The lowest BCUT2D eigenvalue weighted by atomic mass is 9.97. The fourth-order valence-corrected chi connectivity index (χ4v) is 2.32. The van der Waals surface area contributed by atoms with Crippen LogP contribution in [0.25, 0.3) is 0 Å². The molecule has 2 saturated heterocycles. The molecular formula is C13H21NO4. The number of nitrogens with zero attached hydrogens (tertiary/aromatic N) is 1. The Kier molecular flexibility index (Phi) is 4.23. The van der Waals surface area contributed by atoms with Crippen LogP contribution >= 0.6 is 0 Å². The Morgan fingerprint density at radius 3 is 2.72 bits per heavy atom. The van der Waals surface area contributed by atoms with Gasteiger partial charge in [0.2, 0.25) is 0 Å². The van der Waals surface area contributed by atoms with Crippen molar-refractivity contribution in [3.8, 4) is 6.07 Å². The van der Waals surface area contributed by atoms with Crippen molar-refractivity contribution >= 4 is 0 Å². The molecule has 5 nitrogen and oxygen atoms in total. The summed E-state index contributed by atoms with van der Waals surface area (Å²) in [5, 5.41) is 9.10. The van der Waals surface area contributed by atoms with Crippen LogP contribution in [0.5, 0.6) is 0 Å². The van der Waals surface area contributed by atoms with Gasteiger partial charge in [0.1, 0.15) is 12.2 Å². The van der Waals surface area contributed by atoms with Crippen LogP contribution in [0, 0.1) is 17.2 Å². The first-order valence-corrected chi connectivity index (χ1v) is 6.56. The molecule has 0 aromatic carbocycles. The summed E-state index contributed by atoms with van der Waals surface area (Å²) in [7, 11) is 0. The molecule has 0 aliphatic carbocycles. The third kappa shape index (κ3) is 2.83. The summed E-state index contributed by atoms with van der Waals surface area (Å²) in [5.41, 5.74) is 0. The maximum Gasteiger partial charge on any atom is 0.186 e. The van der Waals surface area contributed by atoms with Gasteiger partial charge in [-0.05, 0) is 20.3 Å². The number of rotatable bonds is 4. The third-order valence-corrected chi connectivity index (χ3v) is 3.21. The summed E-state index contributed by atoms with van der Waals surface area (Å²) in [4.78, 5) is 0. The Bertz CT molecular complexity index is 325. The van der Waals surface area contributed by atoms with Gasteiger partial charge in [0.25, 0.3) is 0 Å². The molecule has 0 saturated carbocycles. The number of hydrogen-bond acceptors (Lipinski definition) is 5. The van der Waals surface area contributed by atoms with Crippen molar-refractivity contribution < 1.29 is 18.9 Å². The van der Waals surface area contributed by atoms with E-state index in [2.05, 4.69) is 13.0 Å². The first-order valence-electron chi connectivity index (χ1n) is 6.56. The highest BCUT2D eigenvalue weighted by Crippen LogP contribution is 2.37. The van der Waals surface area contributed by atoms with Crippen molar-refractivity contribution in [3.05, 3.63) is 0 Å². The molecule has 0 N–H and O–H groups in total. The van der Waals surface area contributed by atoms with Crippen molar-refractivity contribution in [2.45, 2.75) is 57.9 Å². The quantitative estimate of drug-likeness (QED) is 0.717. The van der Waals surface area contributed by atoms with Crippen LogP contribution in [0.15, 0.2) is 0 Å². The molecule has 2 unspecified atom stereocenters. The predicted octanol–water partition coefficient (Wildman–Crippen LogP) is 1.82. The zero-order valence-electron chi connectivity index (χ0n) is 11.2. The second-order valence-corrected chi connectivity index (χ2v) is 5.23. The Balaban J connectivity index is 2.01. The van der Waals surface area contributed by atoms with Gasteiger partial charge >= 0.3 is 0 Å². The topological polar surface area (TPSA) is 60.7 Å². The van der Waals surface area contributed by atoms with Crippen LogP contribution in [0.4, 0.5) is 0 Å². The van der Waals surface area contributed by atoms with E-state index in [-0.39, 0.29) is 18.1 Å². The lowest BCUT2D eigenvalue weighted by Gasteiger charge is -2.33. The van der Waals surface area contributed by atoms with Gasteiger partial charge in [-0.15, -0.1) is 0 Å². The van der Waals surface area contributed by atoms with Gasteiger partial charge in [0, 0.05) is 6.61 Å². The van der Waals surface area contributed by atoms with Crippen molar-refractivity contribution in [2.75, 3.05) is 13.2 Å². The summed E-state index contributed by atoms with van der Waals surface area (Å²) < 4.78 is 22.9. The van der Waals surface area contributed by atoms with Gasteiger partial charge < -0.3 is 18.9 Å². The van der Waals surface area contributed by atoms with Crippen molar-refractivity contribution in [1.82, 2.24) is 0 Å². The second-order valence-electron chi connectivity index (χ2n) is 5.23. The van der Waals surface area contributed by atoms with Crippen molar-refractivity contribution in [3.63, 3.8) is 0 Å². The van der Waals surface area contributed by atoms with E-state index in [0.717, 1.165) is 12.8 Å². The first-order chi connectivity index (χ1) is 8.57. The minimum Gasteiger partial charge on any atom is -0.350 e. The molecule has 2 rings (SSSR count). The first kappa shape index (κ1) is 13.8. The molecule has 0 bridgehead atoms. The Morgan fingerprint density at radius 1 is 1.33 bits per heavy atom. The lowest BCUT2D eigenvalue weighted by molar-refractivity contribution is -0.235. The van der Waals surface area contributed by atoms with Crippen LogP contribution < -0.4 is 0 Å². The lowest BCUT2D eigenvalue weighted by Crippen LogP contribution is -2.49. The monoisotopic (exact) mass is 255 g/mol. The van der Waals surface area contributed by atoms with E-state index in [1.165, 1.54) is 0 Å². The molecule has 4 atom stereocenters. The highest BCUT2D eigenvalue weighted by atomic mass is 16.8. The van der Waals surface area contributed by atoms with Gasteiger partial charge in [-0.25, -0.2) is 0 Å². The summed E-state index contributed by atoms with van der Waals surface area (Å²) in [6.07, 6.45) is 1.07. The van der Waals surface area contributed by atoms with Crippen molar-refractivity contribution in [1.29, 1.82) is 5.26 Å². The zero-order valence-corrected chi connectivity index (χ0v) is 11.2. The van der Waals surface area contributed by atoms with Crippen LogP contribution in [-0.4, -0.2) is 37.5 Å². The minimum atomic E-state index is -0.676.